The van der Waals surface area contributed by atoms with Crippen molar-refractivity contribution in [1.82, 2.24) is 14.9 Å². The summed E-state index contributed by atoms with van der Waals surface area (Å²) in [5, 5.41) is 15.4. The van der Waals surface area contributed by atoms with Gasteiger partial charge in [0.2, 0.25) is 5.91 Å². The van der Waals surface area contributed by atoms with Crippen LogP contribution >= 0.6 is 0 Å². The standard InChI is InChI=1S/C27H31N7O5/c28-12-21-13-30-24(11-22(21)29-5-8-38-16-18-3-4-18)32-27(37)34-6-1-2-19-10-20(23(15-35)31-26(19)34)14-33-7-9-39-17-25(33)36/h10-11,13,15,18H,1-9,14,16-17H2,(H2,29,30,32,37). The van der Waals surface area contributed by atoms with Crippen molar-refractivity contribution in [1.29, 1.82) is 5.26 Å². The average Bonchev–Trinajstić information content (AvgIpc) is 3.78. The highest BCUT2D eigenvalue weighted by Crippen LogP contribution is 2.30. The molecule has 2 aromatic heterocycles. The minimum atomic E-state index is -0.438. The second kappa shape index (κ2) is 12.2. The van der Waals surface area contributed by atoms with E-state index in [-0.39, 0.29) is 30.6 Å². The van der Waals surface area contributed by atoms with E-state index in [2.05, 4.69) is 26.7 Å². The van der Waals surface area contributed by atoms with E-state index in [0.717, 1.165) is 12.2 Å². The molecule has 3 amide bonds. The molecule has 1 saturated heterocycles. The molecule has 2 aromatic rings. The van der Waals surface area contributed by atoms with Crippen molar-refractivity contribution in [2.24, 2.45) is 5.92 Å². The number of aromatic nitrogens is 2. The maximum Gasteiger partial charge on any atom is 0.328 e. The molecule has 0 radical (unpaired) electrons. The SMILES string of the molecule is N#Cc1cnc(NC(=O)N2CCCc3cc(CN4CCOCC4=O)c(C=O)nc32)cc1NCCOCC1CC1. The van der Waals surface area contributed by atoms with Gasteiger partial charge in [0, 0.05) is 50.6 Å². The highest BCUT2D eigenvalue weighted by molar-refractivity contribution is 6.01. The Kier molecular flexibility index (Phi) is 8.29. The molecule has 2 aliphatic heterocycles. The summed E-state index contributed by atoms with van der Waals surface area (Å²) >= 11 is 0. The third-order valence-corrected chi connectivity index (χ3v) is 6.95. The number of anilines is 3. The fourth-order valence-electron chi connectivity index (χ4n) is 4.64. The Morgan fingerprint density at radius 1 is 1.31 bits per heavy atom. The van der Waals surface area contributed by atoms with Gasteiger partial charge >= 0.3 is 6.03 Å². The summed E-state index contributed by atoms with van der Waals surface area (Å²) in [5.74, 6) is 1.25. The summed E-state index contributed by atoms with van der Waals surface area (Å²) in [4.78, 5) is 49.3. The van der Waals surface area contributed by atoms with Gasteiger partial charge in [-0.05, 0) is 43.2 Å². The summed E-state index contributed by atoms with van der Waals surface area (Å²) in [6, 6.07) is 5.15. The number of ether oxygens (including phenoxy) is 2. The van der Waals surface area contributed by atoms with Crippen LogP contribution in [0.1, 0.15) is 46.4 Å². The number of nitrogens with zero attached hydrogens (tertiary/aromatic N) is 5. The number of carbonyl (C=O) groups is 3. The molecule has 1 saturated carbocycles. The van der Waals surface area contributed by atoms with E-state index in [9.17, 15) is 19.6 Å². The maximum atomic E-state index is 13.3. The van der Waals surface area contributed by atoms with Crippen molar-refractivity contribution in [3.05, 3.63) is 40.7 Å². The summed E-state index contributed by atoms with van der Waals surface area (Å²) in [6.07, 6.45) is 5.93. The molecule has 4 heterocycles. The average molecular weight is 534 g/mol. The fraction of sp³-hybridized carbons (Fsp3) is 0.481. The Balaban J connectivity index is 1.27. The summed E-state index contributed by atoms with van der Waals surface area (Å²) in [7, 11) is 0. The van der Waals surface area contributed by atoms with Crippen molar-refractivity contribution in [2.45, 2.75) is 32.2 Å². The number of fused-ring (bicyclic) bond motifs is 1. The first-order chi connectivity index (χ1) is 19.1. The number of carbonyl (C=O) groups excluding carboxylic acids is 3. The Bertz CT molecular complexity index is 1290. The third-order valence-electron chi connectivity index (χ3n) is 6.95. The Hall–Kier alpha value is -4.08. The van der Waals surface area contributed by atoms with E-state index in [1.807, 2.05) is 6.07 Å². The zero-order chi connectivity index (χ0) is 27.2. The minimum Gasteiger partial charge on any atom is -0.382 e. The molecule has 5 rings (SSSR count). The lowest BCUT2D eigenvalue weighted by molar-refractivity contribution is -0.143. The van der Waals surface area contributed by atoms with E-state index < -0.39 is 6.03 Å². The third kappa shape index (κ3) is 6.50. The Morgan fingerprint density at radius 2 is 2.18 bits per heavy atom. The van der Waals surface area contributed by atoms with Gasteiger partial charge < -0.3 is 19.7 Å². The summed E-state index contributed by atoms with van der Waals surface area (Å²) < 4.78 is 10.8. The quantitative estimate of drug-likeness (QED) is 0.346. The number of pyridine rings is 2. The molecular weight excluding hydrogens is 502 g/mol. The molecule has 0 spiro atoms. The van der Waals surface area contributed by atoms with Gasteiger partial charge in [0.05, 0.1) is 24.5 Å². The van der Waals surface area contributed by atoms with Crippen molar-refractivity contribution in [3.8, 4) is 6.07 Å². The van der Waals surface area contributed by atoms with Crippen molar-refractivity contribution in [2.75, 3.05) is 61.6 Å². The molecule has 0 aromatic carbocycles. The largest absolute Gasteiger partial charge is 0.382 e. The van der Waals surface area contributed by atoms with Crippen molar-refractivity contribution < 1.29 is 23.9 Å². The number of rotatable bonds is 10. The number of nitriles is 1. The van der Waals surface area contributed by atoms with Crippen LogP contribution in [0.15, 0.2) is 18.3 Å². The number of amides is 3. The molecule has 12 heteroatoms. The number of aryl methyl sites for hydroxylation is 1. The lowest BCUT2D eigenvalue weighted by Crippen LogP contribution is -2.42. The first kappa shape index (κ1) is 26.5. The van der Waals surface area contributed by atoms with Gasteiger partial charge in [-0.2, -0.15) is 5.26 Å². The summed E-state index contributed by atoms with van der Waals surface area (Å²) in [6.45, 7) is 3.40. The Morgan fingerprint density at radius 3 is 2.95 bits per heavy atom. The van der Waals surface area contributed by atoms with E-state index in [1.54, 1.807) is 11.0 Å². The first-order valence-corrected chi connectivity index (χ1v) is 13.2. The van der Waals surface area contributed by atoms with Gasteiger partial charge in [0.25, 0.3) is 0 Å². The minimum absolute atomic E-state index is 0.0254. The zero-order valence-corrected chi connectivity index (χ0v) is 21.6. The number of aldehydes is 1. The molecule has 2 N–H and O–H groups in total. The predicted molar refractivity (Wildman–Crippen MR) is 142 cm³/mol. The van der Waals surface area contributed by atoms with Crippen molar-refractivity contribution in [3.63, 3.8) is 0 Å². The van der Waals surface area contributed by atoms with Gasteiger partial charge in [-0.15, -0.1) is 0 Å². The number of morpholine rings is 1. The smallest absolute Gasteiger partial charge is 0.328 e. The van der Waals surface area contributed by atoms with Crippen LogP contribution in [-0.2, 0) is 27.2 Å². The summed E-state index contributed by atoms with van der Waals surface area (Å²) in [5.41, 5.74) is 2.59. The molecular formula is C27H31N7O5. The molecule has 1 aliphatic carbocycles. The molecule has 0 unspecified atom stereocenters. The molecule has 204 valence electrons. The number of nitrogens with one attached hydrogen (secondary N) is 2. The molecule has 12 nitrogen and oxygen atoms in total. The van der Waals surface area contributed by atoms with Crippen LogP contribution in [-0.4, -0.2) is 79.2 Å². The molecule has 2 fully saturated rings. The topological polar surface area (TPSA) is 150 Å². The van der Waals surface area contributed by atoms with E-state index >= 15 is 0 Å². The predicted octanol–water partition coefficient (Wildman–Crippen LogP) is 2.34. The van der Waals surface area contributed by atoms with Gasteiger partial charge in [-0.25, -0.2) is 14.8 Å². The Labute approximate surface area is 226 Å². The maximum absolute atomic E-state index is 13.3. The zero-order valence-electron chi connectivity index (χ0n) is 21.6. The second-order valence-electron chi connectivity index (χ2n) is 9.86. The normalized spacial score (nSPS) is 16.8. The van der Waals surface area contributed by atoms with Crippen LogP contribution in [0, 0.1) is 17.2 Å². The highest BCUT2D eigenvalue weighted by Gasteiger charge is 2.28. The molecule has 0 bridgehead atoms. The van der Waals surface area contributed by atoms with Crippen LogP contribution in [0.5, 0.6) is 0 Å². The number of urea groups is 1. The lowest BCUT2D eigenvalue weighted by Gasteiger charge is -2.30. The van der Waals surface area contributed by atoms with Crippen LogP contribution in [0.25, 0.3) is 0 Å². The highest BCUT2D eigenvalue weighted by atomic mass is 16.5. The molecule has 39 heavy (non-hydrogen) atoms. The first-order valence-electron chi connectivity index (χ1n) is 13.2. The van der Waals surface area contributed by atoms with Gasteiger partial charge in [0.1, 0.15) is 30.0 Å². The number of hydrogen-bond donors (Lipinski definition) is 2. The van der Waals surface area contributed by atoms with Gasteiger partial charge in [0.15, 0.2) is 6.29 Å². The molecule has 3 aliphatic rings. The van der Waals surface area contributed by atoms with Crippen molar-refractivity contribution >= 4 is 35.5 Å². The van der Waals surface area contributed by atoms with Crippen LogP contribution in [0.4, 0.5) is 22.1 Å². The van der Waals surface area contributed by atoms with Crippen LogP contribution in [0.2, 0.25) is 0 Å². The van der Waals surface area contributed by atoms with Gasteiger partial charge in [-0.3, -0.25) is 19.8 Å². The molecule has 0 atom stereocenters. The second-order valence-corrected chi connectivity index (χ2v) is 9.86. The van der Waals surface area contributed by atoms with E-state index in [4.69, 9.17) is 9.47 Å². The monoisotopic (exact) mass is 533 g/mol. The van der Waals surface area contributed by atoms with Crippen LogP contribution in [0.3, 0.4) is 0 Å². The van der Waals surface area contributed by atoms with Gasteiger partial charge in [-0.1, -0.05) is 0 Å². The number of hydrogen-bond acceptors (Lipinski definition) is 9. The fourth-order valence-corrected chi connectivity index (χ4v) is 4.64. The lowest BCUT2D eigenvalue weighted by atomic mass is 10.0. The van der Waals surface area contributed by atoms with E-state index in [0.29, 0.717) is 80.5 Å². The van der Waals surface area contributed by atoms with E-state index in [1.165, 1.54) is 23.9 Å². The van der Waals surface area contributed by atoms with Crippen LogP contribution < -0.4 is 15.5 Å².